The molecule has 10 nitrogen and oxygen atoms in total. The normalized spacial score (nSPS) is 33.6. The van der Waals surface area contributed by atoms with Gasteiger partial charge in [0.05, 0.1) is 25.2 Å². The average Bonchev–Trinajstić information content (AvgIpc) is 3.55. The highest BCUT2D eigenvalue weighted by Gasteiger charge is 2.73. The smallest absolute Gasteiger partial charge is 0.313 e. The molecule has 6 atom stereocenters. The largest absolute Gasteiger partial charge is 0.455 e. The summed E-state index contributed by atoms with van der Waals surface area (Å²) in [4.78, 5) is 57.6. The van der Waals surface area contributed by atoms with Crippen molar-refractivity contribution in [3.8, 4) is 0 Å². The van der Waals surface area contributed by atoms with Gasteiger partial charge in [-0.05, 0) is 32.8 Å². The first kappa shape index (κ1) is 28.0. The number of esters is 1. The number of fused-ring (bicyclic) bond motifs is 2. The molecular formula is C30H37N3O7. The van der Waals surface area contributed by atoms with Gasteiger partial charge in [0.1, 0.15) is 23.7 Å². The summed E-state index contributed by atoms with van der Waals surface area (Å²) in [6.45, 7) is 5.65. The molecular weight excluding hydrogens is 514 g/mol. The van der Waals surface area contributed by atoms with E-state index in [0.717, 1.165) is 0 Å². The Kier molecular flexibility index (Phi) is 7.58. The molecule has 0 aliphatic carbocycles. The zero-order valence-corrected chi connectivity index (χ0v) is 23.1. The lowest BCUT2D eigenvalue weighted by Crippen LogP contribution is -2.59. The fourth-order valence-corrected chi connectivity index (χ4v) is 6.33. The van der Waals surface area contributed by atoms with E-state index in [2.05, 4.69) is 5.32 Å². The van der Waals surface area contributed by atoms with Crippen LogP contribution in [0.4, 0.5) is 0 Å². The van der Waals surface area contributed by atoms with Crippen molar-refractivity contribution in [3.05, 3.63) is 60.2 Å². The number of aliphatic hydroxyl groups excluding tert-OH is 1. The molecule has 5 bridgehead atoms. The third-order valence-corrected chi connectivity index (χ3v) is 8.20. The van der Waals surface area contributed by atoms with Gasteiger partial charge in [-0.1, -0.05) is 54.6 Å². The monoisotopic (exact) mass is 551 g/mol. The maximum atomic E-state index is 14.3. The Labute approximate surface area is 234 Å². The Morgan fingerprint density at radius 1 is 1.07 bits per heavy atom. The van der Waals surface area contributed by atoms with Crippen LogP contribution in [0.5, 0.6) is 0 Å². The highest BCUT2D eigenvalue weighted by molar-refractivity contribution is 5.99. The number of aliphatic hydroxyl groups is 1. The van der Waals surface area contributed by atoms with Crippen LogP contribution in [-0.2, 0) is 28.7 Å². The third kappa shape index (κ3) is 4.83. The van der Waals surface area contributed by atoms with Crippen molar-refractivity contribution in [3.63, 3.8) is 0 Å². The van der Waals surface area contributed by atoms with Crippen molar-refractivity contribution >= 4 is 23.7 Å². The molecule has 0 unspecified atom stereocenters. The molecule has 2 fully saturated rings. The second-order valence-electron chi connectivity index (χ2n) is 11.7. The molecule has 1 spiro atoms. The first-order valence-electron chi connectivity index (χ1n) is 13.9. The fraction of sp³-hybridized carbons (Fsp3) is 0.533. The molecule has 10 heteroatoms. The van der Waals surface area contributed by atoms with Gasteiger partial charge in [-0.25, -0.2) is 0 Å². The average molecular weight is 552 g/mol. The van der Waals surface area contributed by atoms with E-state index >= 15 is 0 Å². The van der Waals surface area contributed by atoms with E-state index in [0.29, 0.717) is 12.0 Å². The minimum atomic E-state index is -1.35. The van der Waals surface area contributed by atoms with Crippen LogP contribution in [-0.4, -0.2) is 88.1 Å². The summed E-state index contributed by atoms with van der Waals surface area (Å²) >= 11 is 0. The van der Waals surface area contributed by atoms with Gasteiger partial charge in [0.25, 0.3) is 0 Å². The van der Waals surface area contributed by atoms with Crippen LogP contribution in [0.15, 0.2) is 54.6 Å². The van der Waals surface area contributed by atoms with Crippen molar-refractivity contribution in [2.45, 2.75) is 63.0 Å². The number of ether oxygens (including phenoxy) is 2. The summed E-state index contributed by atoms with van der Waals surface area (Å²) in [5.41, 5.74) is -1.25. The van der Waals surface area contributed by atoms with Gasteiger partial charge in [0.2, 0.25) is 17.7 Å². The molecule has 4 aliphatic rings. The third-order valence-electron chi connectivity index (χ3n) is 8.20. The molecule has 3 amide bonds. The number of likely N-dealkylation sites (tertiary alicyclic amines) is 1. The predicted molar refractivity (Wildman–Crippen MR) is 144 cm³/mol. The van der Waals surface area contributed by atoms with Crippen LogP contribution in [0.3, 0.4) is 0 Å². The van der Waals surface area contributed by atoms with Crippen LogP contribution in [0.2, 0.25) is 0 Å². The van der Waals surface area contributed by atoms with E-state index in [1.54, 1.807) is 17.1 Å². The number of nitrogens with one attached hydrogen (secondary N) is 1. The number of allylic oxidation sites excluding steroid dienone is 1. The molecule has 4 heterocycles. The molecule has 4 aliphatic heterocycles. The molecule has 1 aromatic rings. The summed E-state index contributed by atoms with van der Waals surface area (Å²) in [5.74, 6) is -3.52. The molecule has 5 rings (SSSR count). The number of nitrogens with zero attached hydrogens (tertiary/aromatic N) is 2. The first-order valence-corrected chi connectivity index (χ1v) is 13.9. The van der Waals surface area contributed by atoms with Crippen molar-refractivity contribution in [1.29, 1.82) is 0 Å². The highest BCUT2D eigenvalue weighted by atomic mass is 16.6. The summed E-state index contributed by atoms with van der Waals surface area (Å²) in [7, 11) is 0. The Hall–Kier alpha value is -3.50. The molecule has 0 saturated carbocycles. The maximum absolute atomic E-state index is 14.3. The van der Waals surface area contributed by atoms with Gasteiger partial charge >= 0.3 is 5.97 Å². The van der Waals surface area contributed by atoms with Crippen molar-refractivity contribution in [2.24, 2.45) is 11.8 Å². The number of carbonyl (C=O) groups is 4. The quantitative estimate of drug-likeness (QED) is 0.431. The number of hydrogen-bond donors (Lipinski definition) is 2. The van der Waals surface area contributed by atoms with E-state index in [1.165, 1.54) is 4.90 Å². The lowest BCUT2D eigenvalue weighted by Gasteiger charge is -2.41. The van der Waals surface area contributed by atoms with Crippen molar-refractivity contribution < 1.29 is 33.8 Å². The minimum absolute atomic E-state index is 0.0659. The van der Waals surface area contributed by atoms with Crippen LogP contribution in [0, 0.1) is 11.8 Å². The maximum Gasteiger partial charge on any atom is 0.313 e. The van der Waals surface area contributed by atoms with Gasteiger partial charge < -0.3 is 29.7 Å². The summed E-state index contributed by atoms with van der Waals surface area (Å²) in [6.07, 6.45) is 6.37. The van der Waals surface area contributed by atoms with E-state index in [4.69, 9.17) is 9.47 Å². The fourth-order valence-electron chi connectivity index (χ4n) is 6.33. The summed E-state index contributed by atoms with van der Waals surface area (Å²) in [6, 6.07) is 8.06. The Morgan fingerprint density at radius 2 is 1.82 bits per heavy atom. The number of amides is 3. The molecule has 40 heavy (non-hydrogen) atoms. The second kappa shape index (κ2) is 10.8. The van der Waals surface area contributed by atoms with Gasteiger partial charge in [-0.15, -0.1) is 0 Å². The SMILES string of the molecule is CC(C)(C)N1C/C=C\CCC(=O)NC[C@@H](c2ccccc2)OC(=O)[C@@H]2[C@@H]3C=C[C@]4(O3)[C@H](C1=O)N(CCO)C(=O)[C@@H]24. The Bertz CT molecular complexity index is 1220. The van der Waals surface area contributed by atoms with E-state index in [9.17, 15) is 24.3 Å². The lowest BCUT2D eigenvalue weighted by molar-refractivity contribution is -0.160. The molecule has 0 radical (unpaired) electrons. The summed E-state index contributed by atoms with van der Waals surface area (Å²) in [5, 5.41) is 12.7. The van der Waals surface area contributed by atoms with Crippen molar-refractivity contribution in [2.75, 3.05) is 26.2 Å². The van der Waals surface area contributed by atoms with Gasteiger partial charge in [0, 0.05) is 25.0 Å². The van der Waals surface area contributed by atoms with Gasteiger partial charge in [0.15, 0.2) is 0 Å². The molecule has 2 N–H and O–H groups in total. The molecule has 0 aromatic heterocycles. The zero-order chi connectivity index (χ0) is 28.7. The van der Waals surface area contributed by atoms with E-state index < -0.39 is 53.1 Å². The number of rotatable bonds is 3. The number of cyclic esters (lactones) is 1. The Balaban J connectivity index is 1.57. The number of hydrogen-bond acceptors (Lipinski definition) is 7. The van der Waals surface area contributed by atoms with Crippen LogP contribution in [0.25, 0.3) is 0 Å². The highest BCUT2D eigenvalue weighted by Crippen LogP contribution is 2.56. The number of carbonyl (C=O) groups excluding carboxylic acids is 4. The topological polar surface area (TPSA) is 125 Å². The zero-order valence-electron chi connectivity index (χ0n) is 23.1. The standard InChI is InChI=1S/C30H37N3O7/c1-29(2,3)33-15-9-5-8-12-22(35)31-18-21(19-10-6-4-7-11-19)39-28(38)23-20-13-14-30(40-20)24(23)26(36)32(16-17-34)25(30)27(33)37/h4-7,9-11,13-14,20-21,23-25,34H,8,12,15-18H2,1-3H3,(H,31,35)/b9-5-/t20-,21-,23+,24+,25-,30+/m0/s1. The van der Waals surface area contributed by atoms with Crippen molar-refractivity contribution in [1.82, 2.24) is 15.1 Å². The predicted octanol–water partition coefficient (Wildman–Crippen LogP) is 1.51. The minimum Gasteiger partial charge on any atom is -0.455 e. The second-order valence-corrected chi connectivity index (χ2v) is 11.7. The molecule has 2 saturated heterocycles. The molecule has 1 aromatic carbocycles. The Morgan fingerprint density at radius 3 is 2.52 bits per heavy atom. The number of β-amino-alcohol motifs (C(OH)–C–C–N with tert-alkyl or cyclic N) is 1. The number of benzene rings is 1. The lowest BCUT2D eigenvalue weighted by atomic mass is 9.74. The van der Waals surface area contributed by atoms with Crippen LogP contribution in [0.1, 0.15) is 45.3 Å². The van der Waals surface area contributed by atoms with Gasteiger partial charge in [-0.3, -0.25) is 19.2 Å². The van der Waals surface area contributed by atoms with Gasteiger partial charge in [-0.2, -0.15) is 0 Å². The van der Waals surface area contributed by atoms with Crippen LogP contribution < -0.4 is 5.32 Å². The molecule has 214 valence electrons. The summed E-state index contributed by atoms with van der Waals surface area (Å²) < 4.78 is 12.4. The first-order chi connectivity index (χ1) is 19.1. The van der Waals surface area contributed by atoms with E-state index in [1.807, 2.05) is 63.3 Å². The van der Waals surface area contributed by atoms with E-state index in [-0.39, 0.29) is 44.5 Å². The van der Waals surface area contributed by atoms with Crippen LogP contribution >= 0.6 is 0 Å².